The third-order valence-corrected chi connectivity index (χ3v) is 9.61. The lowest BCUT2D eigenvalue weighted by Crippen LogP contribution is -2.38. The Balaban J connectivity index is 1.56. The quantitative estimate of drug-likeness (QED) is 0.243. The van der Waals surface area contributed by atoms with E-state index in [1.807, 2.05) is 33.8 Å². The van der Waals surface area contributed by atoms with E-state index in [-0.39, 0.29) is 9.79 Å². The van der Waals surface area contributed by atoms with E-state index in [2.05, 4.69) is 10.0 Å². The van der Waals surface area contributed by atoms with E-state index in [9.17, 15) is 21.6 Å². The summed E-state index contributed by atoms with van der Waals surface area (Å²) in [5, 5.41) is 2.68. The van der Waals surface area contributed by atoms with Crippen molar-refractivity contribution in [1.82, 2.24) is 0 Å². The van der Waals surface area contributed by atoms with Crippen molar-refractivity contribution in [3.8, 4) is 5.75 Å². The Kier molecular flexibility index (Phi) is 8.93. The van der Waals surface area contributed by atoms with Crippen LogP contribution in [0.25, 0.3) is 0 Å². The van der Waals surface area contributed by atoms with Crippen LogP contribution in [0.1, 0.15) is 22.3 Å². The molecule has 0 fully saturated rings. The van der Waals surface area contributed by atoms with Gasteiger partial charge < -0.3 is 10.1 Å². The van der Waals surface area contributed by atoms with Gasteiger partial charge in [0.2, 0.25) is 5.91 Å². The highest BCUT2D eigenvalue weighted by atomic mass is 32.2. The van der Waals surface area contributed by atoms with Crippen molar-refractivity contribution < 1.29 is 26.4 Å². The van der Waals surface area contributed by atoms with Crippen molar-refractivity contribution in [2.45, 2.75) is 37.5 Å². The first-order valence-electron chi connectivity index (χ1n) is 13.0. The molecule has 0 atom stereocenters. The van der Waals surface area contributed by atoms with Gasteiger partial charge in [-0.05, 0) is 105 Å². The lowest BCUT2D eigenvalue weighted by molar-refractivity contribution is -0.114. The van der Waals surface area contributed by atoms with Crippen molar-refractivity contribution in [2.75, 3.05) is 28.0 Å². The van der Waals surface area contributed by atoms with E-state index in [1.54, 1.807) is 42.5 Å². The molecule has 0 saturated heterocycles. The van der Waals surface area contributed by atoms with E-state index in [0.29, 0.717) is 22.8 Å². The lowest BCUT2D eigenvalue weighted by atomic mass is 10.1. The van der Waals surface area contributed by atoms with Gasteiger partial charge in [0.1, 0.15) is 12.3 Å². The van der Waals surface area contributed by atoms with E-state index < -0.39 is 32.5 Å². The predicted octanol–water partition coefficient (Wildman–Crippen LogP) is 5.56. The smallest absolute Gasteiger partial charge is 0.264 e. The molecule has 1 amide bonds. The number of methoxy groups -OCH3 is 1. The van der Waals surface area contributed by atoms with Crippen LogP contribution in [0.4, 0.5) is 17.1 Å². The molecule has 4 rings (SSSR count). The number of aryl methyl sites for hydroxylation is 4. The molecule has 220 valence electrons. The van der Waals surface area contributed by atoms with Gasteiger partial charge in [0.15, 0.2) is 0 Å². The maximum absolute atomic E-state index is 13.7. The Labute approximate surface area is 247 Å². The van der Waals surface area contributed by atoms with Crippen molar-refractivity contribution >= 4 is 43.0 Å². The summed E-state index contributed by atoms with van der Waals surface area (Å²) in [6.45, 7) is 6.91. The van der Waals surface area contributed by atoms with Crippen LogP contribution in [0, 0.1) is 27.7 Å². The SMILES string of the molecule is COc1ccc(C)cc1NS(=O)(=O)c1ccc(NC(=O)CN(c2cc(C)cc(C)c2)S(=O)(=O)c2ccc(C)cc2)cc1. The van der Waals surface area contributed by atoms with Gasteiger partial charge in [-0.2, -0.15) is 0 Å². The summed E-state index contributed by atoms with van der Waals surface area (Å²) in [5.74, 6) is -0.218. The molecule has 2 N–H and O–H groups in total. The van der Waals surface area contributed by atoms with Crippen molar-refractivity contribution in [2.24, 2.45) is 0 Å². The average molecular weight is 608 g/mol. The molecule has 0 aliphatic carbocycles. The minimum atomic E-state index is -4.08. The van der Waals surface area contributed by atoms with Crippen LogP contribution in [-0.2, 0) is 24.8 Å². The fourth-order valence-corrected chi connectivity index (χ4v) is 6.87. The molecule has 0 unspecified atom stereocenters. The van der Waals surface area contributed by atoms with Crippen LogP contribution in [0.3, 0.4) is 0 Å². The number of nitrogens with zero attached hydrogens (tertiary/aromatic N) is 1. The fraction of sp³-hybridized carbons (Fsp3) is 0.194. The second kappa shape index (κ2) is 12.3. The van der Waals surface area contributed by atoms with Crippen molar-refractivity contribution in [3.05, 3.63) is 107 Å². The van der Waals surface area contributed by atoms with E-state index in [1.165, 1.54) is 43.5 Å². The van der Waals surface area contributed by atoms with Crippen LogP contribution in [0.15, 0.2) is 94.7 Å². The number of carbonyl (C=O) groups excluding carboxylic acids is 1. The number of rotatable bonds is 10. The zero-order valence-corrected chi connectivity index (χ0v) is 25.6. The topological polar surface area (TPSA) is 122 Å². The van der Waals surface area contributed by atoms with E-state index in [4.69, 9.17) is 4.74 Å². The van der Waals surface area contributed by atoms with Gasteiger partial charge in [-0.15, -0.1) is 0 Å². The Morgan fingerprint density at radius 1 is 0.714 bits per heavy atom. The number of ether oxygens (including phenoxy) is 1. The highest BCUT2D eigenvalue weighted by Gasteiger charge is 2.28. The number of amides is 1. The molecule has 0 saturated carbocycles. The highest BCUT2D eigenvalue weighted by Crippen LogP contribution is 2.29. The van der Waals surface area contributed by atoms with Gasteiger partial charge in [-0.1, -0.05) is 29.8 Å². The highest BCUT2D eigenvalue weighted by molar-refractivity contribution is 7.93. The Hall–Kier alpha value is -4.35. The molecule has 0 aliphatic rings. The van der Waals surface area contributed by atoms with Crippen LogP contribution in [-0.4, -0.2) is 36.4 Å². The molecule has 0 heterocycles. The summed E-state index contributed by atoms with van der Waals surface area (Å²) in [5.41, 5.74) is 4.43. The summed E-state index contributed by atoms with van der Waals surface area (Å²) in [4.78, 5) is 13.2. The third-order valence-electron chi connectivity index (χ3n) is 6.44. The summed E-state index contributed by atoms with van der Waals surface area (Å²) in [6, 6.07) is 22.5. The summed E-state index contributed by atoms with van der Waals surface area (Å²) < 4.78 is 62.3. The normalized spacial score (nSPS) is 11.5. The molecule has 0 aliphatic heterocycles. The van der Waals surface area contributed by atoms with Gasteiger partial charge >= 0.3 is 0 Å². The number of benzene rings is 4. The van der Waals surface area contributed by atoms with Crippen LogP contribution < -0.4 is 19.1 Å². The molecule has 0 spiro atoms. The second-order valence-corrected chi connectivity index (χ2v) is 13.6. The molecule has 0 aromatic heterocycles. The summed E-state index contributed by atoms with van der Waals surface area (Å²) in [6.07, 6.45) is 0. The Bertz CT molecular complexity index is 1800. The van der Waals surface area contributed by atoms with Crippen LogP contribution >= 0.6 is 0 Å². The fourth-order valence-electron chi connectivity index (χ4n) is 4.40. The first-order valence-corrected chi connectivity index (χ1v) is 16.0. The van der Waals surface area contributed by atoms with Gasteiger partial charge in [0, 0.05) is 5.69 Å². The Morgan fingerprint density at radius 2 is 1.29 bits per heavy atom. The number of sulfonamides is 2. The second-order valence-electron chi connectivity index (χ2n) is 10.1. The van der Waals surface area contributed by atoms with Crippen LogP contribution in [0.2, 0.25) is 0 Å². The molecule has 4 aromatic carbocycles. The maximum Gasteiger partial charge on any atom is 0.264 e. The lowest BCUT2D eigenvalue weighted by Gasteiger charge is -2.25. The first-order chi connectivity index (χ1) is 19.8. The van der Waals surface area contributed by atoms with Gasteiger partial charge in [-0.3, -0.25) is 13.8 Å². The molecular weight excluding hydrogens is 574 g/mol. The minimum Gasteiger partial charge on any atom is -0.495 e. The molecule has 42 heavy (non-hydrogen) atoms. The molecule has 4 aromatic rings. The van der Waals surface area contributed by atoms with Crippen molar-refractivity contribution in [3.63, 3.8) is 0 Å². The largest absolute Gasteiger partial charge is 0.495 e. The van der Waals surface area contributed by atoms with Gasteiger partial charge in [-0.25, -0.2) is 16.8 Å². The minimum absolute atomic E-state index is 0.0251. The number of carbonyl (C=O) groups is 1. The molecule has 9 nitrogen and oxygen atoms in total. The zero-order valence-electron chi connectivity index (χ0n) is 24.0. The maximum atomic E-state index is 13.7. The number of anilines is 3. The van der Waals surface area contributed by atoms with Gasteiger partial charge in [0.05, 0.1) is 28.3 Å². The first kappa shape index (κ1) is 30.6. The summed E-state index contributed by atoms with van der Waals surface area (Å²) >= 11 is 0. The molecule has 0 radical (unpaired) electrons. The van der Waals surface area contributed by atoms with Crippen molar-refractivity contribution in [1.29, 1.82) is 0 Å². The van der Waals surface area contributed by atoms with Gasteiger partial charge in [0.25, 0.3) is 20.0 Å². The third kappa shape index (κ3) is 7.10. The standard InChI is InChI=1S/C31H33N3O6S2/c1-21-6-11-28(12-7-21)42(38,39)34(26-17-23(3)16-24(4)18-26)20-31(35)32-25-9-13-27(14-10-25)41(36,37)33-29-19-22(2)8-15-30(29)40-5/h6-19,33H,20H2,1-5H3,(H,32,35). The average Bonchev–Trinajstić information content (AvgIpc) is 2.91. The predicted molar refractivity (Wildman–Crippen MR) is 165 cm³/mol. The molecule has 0 bridgehead atoms. The van der Waals surface area contributed by atoms with E-state index in [0.717, 1.165) is 26.6 Å². The number of nitrogens with one attached hydrogen (secondary N) is 2. The number of hydrogen-bond donors (Lipinski definition) is 2. The monoisotopic (exact) mass is 607 g/mol. The molecule has 11 heteroatoms. The van der Waals surface area contributed by atoms with E-state index >= 15 is 0 Å². The number of hydrogen-bond acceptors (Lipinski definition) is 6. The molecular formula is C31H33N3O6S2. The van der Waals surface area contributed by atoms with Crippen LogP contribution in [0.5, 0.6) is 5.75 Å². The Morgan fingerprint density at radius 3 is 1.88 bits per heavy atom. The zero-order chi connectivity index (χ0) is 30.7. The summed E-state index contributed by atoms with van der Waals surface area (Å²) in [7, 11) is -6.58.